The molecule has 0 aliphatic carbocycles. The molecule has 18 heavy (non-hydrogen) atoms. The Hall–Kier alpha value is -0.490. The Morgan fingerprint density at radius 1 is 1.28 bits per heavy atom. The summed E-state index contributed by atoms with van der Waals surface area (Å²) in [7, 11) is 0. The number of esters is 1. The highest BCUT2D eigenvalue weighted by Crippen LogP contribution is 2.10. The Balaban J connectivity index is 4.02. The molecule has 0 saturated carbocycles. The first kappa shape index (κ1) is 17.5. The zero-order valence-corrected chi connectivity index (χ0v) is 13.4. The summed E-state index contributed by atoms with van der Waals surface area (Å²) in [6.45, 7) is 6.23. The van der Waals surface area contributed by atoms with Crippen molar-refractivity contribution in [2.24, 2.45) is 5.92 Å². The summed E-state index contributed by atoms with van der Waals surface area (Å²) in [5, 5.41) is 1.000. The van der Waals surface area contributed by atoms with E-state index in [0.717, 1.165) is 37.4 Å². The van der Waals surface area contributed by atoms with Crippen LogP contribution in [-0.4, -0.2) is 17.4 Å². The highest BCUT2D eigenvalue weighted by atomic mass is 79.9. The molecule has 104 valence electrons. The molecule has 0 aliphatic heterocycles. The molecule has 2 nitrogen and oxygen atoms in total. The van der Waals surface area contributed by atoms with E-state index in [-0.39, 0.29) is 12.1 Å². The van der Waals surface area contributed by atoms with Gasteiger partial charge in [0.05, 0.1) is 0 Å². The van der Waals surface area contributed by atoms with E-state index in [1.54, 1.807) is 0 Å². The van der Waals surface area contributed by atoms with Gasteiger partial charge in [-0.2, -0.15) is 0 Å². The van der Waals surface area contributed by atoms with Gasteiger partial charge < -0.3 is 4.74 Å². The lowest BCUT2D eigenvalue weighted by atomic mass is 10.1. The quantitative estimate of drug-likeness (QED) is 0.288. The Labute approximate surface area is 120 Å². The summed E-state index contributed by atoms with van der Waals surface area (Å²) in [5.41, 5.74) is 0. The fourth-order valence-electron chi connectivity index (χ4n) is 1.54. The van der Waals surface area contributed by atoms with Gasteiger partial charge >= 0.3 is 5.97 Å². The first-order valence-corrected chi connectivity index (χ1v) is 7.96. The second-order valence-corrected chi connectivity index (χ2v) is 5.58. The molecule has 0 aromatic carbocycles. The maximum absolute atomic E-state index is 11.7. The van der Waals surface area contributed by atoms with E-state index < -0.39 is 0 Å². The molecule has 0 heterocycles. The van der Waals surface area contributed by atoms with Gasteiger partial charge in [0.25, 0.3) is 0 Å². The van der Waals surface area contributed by atoms with E-state index in [1.807, 2.05) is 6.92 Å². The van der Waals surface area contributed by atoms with Crippen LogP contribution in [0.4, 0.5) is 0 Å². The largest absolute Gasteiger partial charge is 0.449 e. The predicted octanol–water partition coefficient (Wildman–Crippen LogP) is 4.31. The normalized spacial score (nSPS) is 11.8. The van der Waals surface area contributed by atoms with Crippen molar-refractivity contribution >= 4 is 21.9 Å². The summed E-state index contributed by atoms with van der Waals surface area (Å²) >= 11 is 3.38. The monoisotopic (exact) mass is 316 g/mol. The second-order valence-electron chi connectivity index (χ2n) is 4.78. The van der Waals surface area contributed by atoms with Crippen molar-refractivity contribution in [1.82, 2.24) is 0 Å². The van der Waals surface area contributed by atoms with Crippen LogP contribution in [0.25, 0.3) is 0 Å². The molecule has 1 atom stereocenters. The van der Waals surface area contributed by atoms with Gasteiger partial charge in [-0.3, -0.25) is 4.79 Å². The van der Waals surface area contributed by atoms with Crippen molar-refractivity contribution in [3.05, 3.63) is 0 Å². The zero-order valence-electron chi connectivity index (χ0n) is 11.8. The van der Waals surface area contributed by atoms with Crippen LogP contribution in [-0.2, 0) is 9.53 Å². The van der Waals surface area contributed by atoms with Gasteiger partial charge in [0.1, 0.15) is 0 Å². The Morgan fingerprint density at radius 2 is 2.00 bits per heavy atom. The number of alkyl halides is 1. The molecule has 0 rings (SSSR count). The highest BCUT2D eigenvalue weighted by molar-refractivity contribution is 9.09. The lowest BCUT2D eigenvalue weighted by Crippen LogP contribution is -2.18. The maximum Gasteiger partial charge on any atom is 0.307 e. The lowest BCUT2D eigenvalue weighted by molar-refractivity contribution is -0.147. The van der Waals surface area contributed by atoms with Crippen LogP contribution in [0.2, 0.25) is 0 Å². The number of hydrogen-bond donors (Lipinski definition) is 0. The molecule has 0 spiro atoms. The fourth-order valence-corrected chi connectivity index (χ4v) is 1.94. The van der Waals surface area contributed by atoms with E-state index in [9.17, 15) is 4.79 Å². The molecule has 1 unspecified atom stereocenters. The molecule has 0 N–H and O–H groups in total. The molecule has 0 fully saturated rings. The molecule has 0 amide bonds. The summed E-state index contributed by atoms with van der Waals surface area (Å²) < 4.78 is 5.42. The molecule has 0 saturated heterocycles. The van der Waals surface area contributed by atoms with Crippen LogP contribution >= 0.6 is 15.9 Å². The molecule has 0 aromatic rings. The van der Waals surface area contributed by atoms with Crippen LogP contribution in [0, 0.1) is 17.8 Å². The zero-order chi connectivity index (χ0) is 13.8. The number of halogens is 1. The van der Waals surface area contributed by atoms with Crippen LogP contribution < -0.4 is 0 Å². The van der Waals surface area contributed by atoms with Crippen LogP contribution in [0.15, 0.2) is 0 Å². The molecular formula is C15H25BrO2. The van der Waals surface area contributed by atoms with E-state index in [2.05, 4.69) is 41.6 Å². The Kier molecular flexibility index (Phi) is 11.3. The average Bonchev–Trinajstić information content (AvgIpc) is 2.31. The topological polar surface area (TPSA) is 26.3 Å². The van der Waals surface area contributed by atoms with E-state index in [1.165, 1.54) is 0 Å². The number of carbonyl (C=O) groups is 1. The maximum atomic E-state index is 11.7. The van der Waals surface area contributed by atoms with Crippen LogP contribution in [0.1, 0.15) is 59.3 Å². The van der Waals surface area contributed by atoms with Gasteiger partial charge in [-0.15, -0.1) is 0 Å². The third-order valence-corrected chi connectivity index (χ3v) is 2.97. The number of carbonyl (C=O) groups excluding carboxylic acids is 1. The first-order valence-electron chi connectivity index (χ1n) is 6.84. The van der Waals surface area contributed by atoms with Gasteiger partial charge in [0.2, 0.25) is 0 Å². The van der Waals surface area contributed by atoms with Gasteiger partial charge in [-0.05, 0) is 25.2 Å². The standard InChI is InChI=1S/C15H25BrO2/c1-4-5-9-14(12-13(2)3)18-15(17)10-7-6-8-11-16/h13-14H,4,6-8,10-12H2,1-3H3. The predicted molar refractivity (Wildman–Crippen MR) is 79.7 cm³/mol. The SMILES string of the molecule is CCC#CC(CC(C)C)OC(=O)CCCCCBr. The van der Waals surface area contributed by atoms with Crippen molar-refractivity contribution in [3.63, 3.8) is 0 Å². The smallest absolute Gasteiger partial charge is 0.307 e. The molecule has 0 bridgehead atoms. The minimum atomic E-state index is -0.228. The Morgan fingerprint density at radius 3 is 2.56 bits per heavy atom. The molecule has 0 aliphatic rings. The molecule has 3 heteroatoms. The van der Waals surface area contributed by atoms with Gasteiger partial charge in [-0.1, -0.05) is 55.0 Å². The van der Waals surface area contributed by atoms with Crippen molar-refractivity contribution in [1.29, 1.82) is 0 Å². The minimum absolute atomic E-state index is 0.111. The van der Waals surface area contributed by atoms with Crippen molar-refractivity contribution in [3.8, 4) is 11.8 Å². The van der Waals surface area contributed by atoms with Crippen molar-refractivity contribution in [2.45, 2.75) is 65.4 Å². The van der Waals surface area contributed by atoms with Gasteiger partial charge in [0.15, 0.2) is 6.10 Å². The highest BCUT2D eigenvalue weighted by Gasteiger charge is 2.13. The summed E-state index contributed by atoms with van der Waals surface area (Å²) in [6.07, 6.45) is 4.98. The molecule has 0 aromatic heterocycles. The number of hydrogen-bond acceptors (Lipinski definition) is 2. The van der Waals surface area contributed by atoms with Crippen molar-refractivity contribution < 1.29 is 9.53 Å². The van der Waals surface area contributed by atoms with Gasteiger partial charge in [0, 0.05) is 18.2 Å². The lowest BCUT2D eigenvalue weighted by Gasteiger charge is -2.14. The summed E-state index contributed by atoms with van der Waals surface area (Å²) in [5.74, 6) is 6.41. The van der Waals surface area contributed by atoms with Gasteiger partial charge in [-0.25, -0.2) is 0 Å². The fraction of sp³-hybridized carbons (Fsp3) is 0.800. The average molecular weight is 317 g/mol. The van der Waals surface area contributed by atoms with Crippen molar-refractivity contribution in [2.75, 3.05) is 5.33 Å². The van der Waals surface area contributed by atoms with Crippen LogP contribution in [0.5, 0.6) is 0 Å². The first-order chi connectivity index (χ1) is 8.60. The third-order valence-electron chi connectivity index (χ3n) is 2.41. The molecular weight excluding hydrogens is 292 g/mol. The van der Waals surface area contributed by atoms with E-state index in [4.69, 9.17) is 4.74 Å². The minimum Gasteiger partial charge on any atom is -0.449 e. The number of ether oxygens (including phenoxy) is 1. The Bertz CT molecular complexity index is 276. The summed E-state index contributed by atoms with van der Waals surface area (Å²) in [4.78, 5) is 11.7. The summed E-state index contributed by atoms with van der Waals surface area (Å²) in [6, 6.07) is 0. The third kappa shape index (κ3) is 10.7. The number of unbranched alkanes of at least 4 members (excludes halogenated alkanes) is 2. The number of rotatable bonds is 8. The van der Waals surface area contributed by atoms with E-state index >= 15 is 0 Å². The molecule has 0 radical (unpaired) electrons. The second kappa shape index (κ2) is 11.6. The van der Waals surface area contributed by atoms with E-state index in [0.29, 0.717) is 12.3 Å². The van der Waals surface area contributed by atoms with Crippen LogP contribution in [0.3, 0.4) is 0 Å².